The van der Waals surface area contributed by atoms with E-state index in [0.717, 1.165) is 29.5 Å². The molecule has 2 heterocycles. The van der Waals surface area contributed by atoms with Crippen molar-refractivity contribution in [2.75, 3.05) is 5.75 Å². The number of hydrogen-bond donors (Lipinski definition) is 1. The molecular weight excluding hydrogens is 393 g/mol. The second-order valence-corrected chi connectivity index (χ2v) is 7.66. The summed E-state index contributed by atoms with van der Waals surface area (Å²) < 4.78 is 30.8. The van der Waals surface area contributed by atoms with Gasteiger partial charge in [-0.1, -0.05) is 11.6 Å². The van der Waals surface area contributed by atoms with E-state index in [2.05, 4.69) is 0 Å². The van der Waals surface area contributed by atoms with Gasteiger partial charge in [-0.3, -0.25) is 13.7 Å². The lowest BCUT2D eigenvalue weighted by Gasteiger charge is -2.14. The molecule has 1 unspecified atom stereocenters. The first kappa shape index (κ1) is 18.0. The van der Waals surface area contributed by atoms with Crippen LogP contribution in [0.5, 0.6) is 0 Å². The maximum absolute atomic E-state index is 14.4. The van der Waals surface area contributed by atoms with Crippen molar-refractivity contribution in [3.05, 3.63) is 38.2 Å². The van der Waals surface area contributed by atoms with Crippen LogP contribution in [0, 0.1) is 10.6 Å². The highest BCUT2D eigenvalue weighted by Gasteiger charge is 2.22. The number of nitrogens with zero attached hydrogens (tertiary/aromatic N) is 3. The van der Waals surface area contributed by atoms with E-state index in [1.165, 1.54) is 4.68 Å². The molecule has 0 fully saturated rings. The van der Waals surface area contributed by atoms with Crippen LogP contribution in [-0.2, 0) is 28.7 Å². The molecule has 1 aliphatic heterocycles. The van der Waals surface area contributed by atoms with Gasteiger partial charge in [0.05, 0.1) is 26.4 Å². The number of benzene rings is 1. The Labute approximate surface area is 153 Å². The van der Waals surface area contributed by atoms with Gasteiger partial charge < -0.3 is 5.11 Å². The lowest BCUT2D eigenvalue weighted by molar-refractivity contribution is -0.133. The van der Waals surface area contributed by atoms with Crippen molar-refractivity contribution in [1.29, 1.82) is 0 Å². The van der Waals surface area contributed by atoms with Crippen molar-refractivity contribution in [2.24, 2.45) is 0 Å². The summed E-state index contributed by atoms with van der Waals surface area (Å²) in [6, 6.07) is 2.04. The zero-order valence-electron chi connectivity index (χ0n) is 12.8. The summed E-state index contributed by atoms with van der Waals surface area (Å²) in [5.41, 5.74) is -0.691. The minimum absolute atomic E-state index is 0.0593. The third-order valence-electron chi connectivity index (χ3n) is 3.85. The molecule has 25 heavy (non-hydrogen) atoms. The summed E-state index contributed by atoms with van der Waals surface area (Å²) >= 11 is 11.2. The van der Waals surface area contributed by atoms with Gasteiger partial charge in [-0.25, -0.2) is 18.4 Å². The molecule has 1 aromatic heterocycles. The van der Waals surface area contributed by atoms with Gasteiger partial charge in [0.2, 0.25) is 4.77 Å². The van der Waals surface area contributed by atoms with Crippen molar-refractivity contribution >= 4 is 40.6 Å². The van der Waals surface area contributed by atoms with Crippen LogP contribution in [0.1, 0.15) is 12.8 Å². The van der Waals surface area contributed by atoms with E-state index in [1.54, 1.807) is 4.68 Å². The Bertz CT molecular complexity index is 973. The van der Waals surface area contributed by atoms with Gasteiger partial charge in [-0.05, 0) is 37.2 Å². The van der Waals surface area contributed by atoms with Crippen LogP contribution in [0.2, 0.25) is 5.02 Å². The topological polar surface area (TPSA) is 86.2 Å². The Balaban J connectivity index is 2.21. The fraction of sp³-hybridized carbons (Fsp3) is 0.357. The van der Waals surface area contributed by atoms with E-state index in [4.69, 9.17) is 28.9 Å². The number of carboxylic acid groups (broad SMARTS) is 1. The quantitative estimate of drug-likeness (QED) is 0.786. The predicted molar refractivity (Wildman–Crippen MR) is 92.0 cm³/mol. The fourth-order valence-electron chi connectivity index (χ4n) is 2.74. The molecule has 3 rings (SSSR count). The molecule has 7 nitrogen and oxygen atoms in total. The van der Waals surface area contributed by atoms with Crippen molar-refractivity contribution in [1.82, 2.24) is 13.9 Å². The fourth-order valence-corrected chi connectivity index (χ4v) is 4.41. The van der Waals surface area contributed by atoms with Crippen LogP contribution < -0.4 is 5.69 Å². The maximum Gasteiger partial charge on any atom is 0.349 e. The highest BCUT2D eigenvalue weighted by atomic mass is 35.5. The Morgan fingerprint density at radius 1 is 1.32 bits per heavy atom. The Hall–Kier alpha value is -1.78. The van der Waals surface area contributed by atoms with Gasteiger partial charge in [0.25, 0.3) is 0 Å². The molecule has 134 valence electrons. The summed E-state index contributed by atoms with van der Waals surface area (Å²) in [5.74, 6) is -2.77. The normalized spacial score (nSPS) is 15.0. The first-order valence-electron chi connectivity index (χ1n) is 7.33. The van der Waals surface area contributed by atoms with Crippen LogP contribution in [0.15, 0.2) is 21.8 Å². The molecule has 0 radical (unpaired) electrons. The van der Waals surface area contributed by atoms with Crippen LogP contribution in [0.4, 0.5) is 4.39 Å². The third-order valence-corrected chi connectivity index (χ3v) is 6.00. The van der Waals surface area contributed by atoms with Gasteiger partial charge in [0.1, 0.15) is 11.6 Å². The average Bonchev–Trinajstić information content (AvgIpc) is 2.79. The number of halogens is 2. The van der Waals surface area contributed by atoms with Crippen molar-refractivity contribution in [3.8, 4) is 5.69 Å². The molecule has 1 atom stereocenters. The first-order chi connectivity index (χ1) is 11.8. The summed E-state index contributed by atoms with van der Waals surface area (Å²) in [5, 5.41) is 8.62. The van der Waals surface area contributed by atoms with E-state index < -0.39 is 34.0 Å². The number of fused-ring (bicyclic) bond motifs is 1. The van der Waals surface area contributed by atoms with Crippen LogP contribution in [0.3, 0.4) is 0 Å². The minimum Gasteiger partial charge on any atom is -0.481 e. The number of hydrogen-bond acceptors (Lipinski definition) is 4. The summed E-state index contributed by atoms with van der Waals surface area (Å²) in [6.45, 7) is 1.02. The molecule has 1 aromatic carbocycles. The second-order valence-electron chi connectivity index (χ2n) is 5.47. The van der Waals surface area contributed by atoms with Gasteiger partial charge in [-0.15, -0.1) is 0 Å². The van der Waals surface area contributed by atoms with Crippen LogP contribution in [0.25, 0.3) is 5.69 Å². The molecule has 0 aliphatic carbocycles. The number of carboxylic acids is 1. The number of aromatic nitrogens is 3. The van der Waals surface area contributed by atoms with Gasteiger partial charge in [0.15, 0.2) is 0 Å². The molecule has 1 aliphatic rings. The number of aliphatic carboxylic acids is 1. The molecule has 11 heteroatoms. The molecule has 0 saturated heterocycles. The van der Waals surface area contributed by atoms with Gasteiger partial charge >= 0.3 is 11.7 Å². The minimum atomic E-state index is -1.98. The summed E-state index contributed by atoms with van der Waals surface area (Å²) in [4.78, 5) is 23.3. The lowest BCUT2D eigenvalue weighted by atomic mass is 10.3. The lowest BCUT2D eigenvalue weighted by Crippen LogP contribution is -2.29. The van der Waals surface area contributed by atoms with E-state index in [9.17, 15) is 18.2 Å². The molecule has 0 amide bonds. The molecule has 0 spiro atoms. The first-order valence-corrected chi connectivity index (χ1v) is 9.44. The smallest absolute Gasteiger partial charge is 0.349 e. The summed E-state index contributed by atoms with van der Waals surface area (Å²) in [7, 11) is -1.98. The number of carbonyl (C=O) groups is 1. The highest BCUT2D eigenvalue weighted by molar-refractivity contribution is 7.85. The van der Waals surface area contributed by atoms with E-state index in [0.29, 0.717) is 13.1 Å². The molecular formula is C14H13ClFN3O4S2. The van der Waals surface area contributed by atoms with Crippen molar-refractivity contribution < 1.29 is 18.5 Å². The maximum atomic E-state index is 14.4. The van der Waals surface area contributed by atoms with Crippen molar-refractivity contribution in [3.63, 3.8) is 0 Å². The second kappa shape index (κ2) is 6.85. The standard InChI is InChI=1S/C14H13ClFN3O4S2/c15-8-5-9(16)10(6-11(8)25(23)7-12(20)21)19-13(22)17-3-1-2-4-18(17)14(19)24/h5-6H,1-4,7H2,(H,20,21). The highest BCUT2D eigenvalue weighted by Crippen LogP contribution is 2.26. The predicted octanol–water partition coefficient (Wildman–Crippen LogP) is 1.95. The van der Waals surface area contributed by atoms with Gasteiger partial charge in [-0.2, -0.15) is 0 Å². The molecule has 2 aromatic rings. The van der Waals surface area contributed by atoms with E-state index in [-0.39, 0.29) is 20.4 Å². The van der Waals surface area contributed by atoms with Crippen LogP contribution >= 0.6 is 23.8 Å². The summed E-state index contributed by atoms with van der Waals surface area (Å²) in [6.07, 6.45) is 1.67. The van der Waals surface area contributed by atoms with E-state index in [1.807, 2.05) is 0 Å². The zero-order chi connectivity index (χ0) is 18.3. The number of rotatable bonds is 4. The van der Waals surface area contributed by atoms with Gasteiger partial charge in [0, 0.05) is 13.1 Å². The zero-order valence-corrected chi connectivity index (χ0v) is 15.2. The van der Waals surface area contributed by atoms with Crippen LogP contribution in [-0.4, -0.2) is 35.0 Å². The Kier molecular flexibility index (Phi) is 4.94. The Morgan fingerprint density at radius 2 is 1.96 bits per heavy atom. The Morgan fingerprint density at radius 3 is 2.56 bits per heavy atom. The molecule has 0 bridgehead atoms. The largest absolute Gasteiger partial charge is 0.481 e. The molecule has 1 N–H and O–H groups in total. The SMILES string of the molecule is O=C(O)CS(=O)c1cc(-n2c(=O)n3n(c2=S)CCCC3)c(F)cc1Cl. The monoisotopic (exact) mass is 405 g/mol. The van der Waals surface area contributed by atoms with Crippen molar-refractivity contribution in [2.45, 2.75) is 30.8 Å². The van der Waals surface area contributed by atoms with E-state index >= 15 is 0 Å². The average molecular weight is 406 g/mol. The molecule has 0 saturated carbocycles. The third kappa shape index (κ3) is 3.21.